The van der Waals surface area contributed by atoms with Gasteiger partial charge in [0.05, 0.1) is 10.9 Å². The van der Waals surface area contributed by atoms with Gasteiger partial charge in [-0.1, -0.05) is 30.8 Å². The molecule has 0 radical (unpaired) electrons. The summed E-state index contributed by atoms with van der Waals surface area (Å²) in [5.41, 5.74) is 2.05. The third-order valence-electron chi connectivity index (χ3n) is 4.45. The maximum atomic E-state index is 12.7. The van der Waals surface area contributed by atoms with Gasteiger partial charge in [-0.2, -0.15) is 4.68 Å². The van der Waals surface area contributed by atoms with Crippen LogP contribution in [0.2, 0.25) is 0 Å². The molecule has 1 aliphatic heterocycles. The van der Waals surface area contributed by atoms with Gasteiger partial charge in [0.15, 0.2) is 0 Å². The van der Waals surface area contributed by atoms with Gasteiger partial charge < -0.3 is 9.80 Å². The van der Waals surface area contributed by atoms with E-state index in [1.165, 1.54) is 11.8 Å². The summed E-state index contributed by atoms with van der Waals surface area (Å²) >= 11 is 1.41. The van der Waals surface area contributed by atoms with Crippen LogP contribution >= 0.6 is 11.8 Å². The standard InChI is InChI=1S/C17H24N6OS/c1-4-21-8-10-22(11-9-21)16(24)14(3)25-17-18-19-20-23(17)15-7-5-6-13(2)12-15/h5-7,12,14H,4,8-11H2,1-3H3. The molecule has 3 rings (SSSR count). The first-order valence-corrected chi connectivity index (χ1v) is 9.49. The lowest BCUT2D eigenvalue weighted by molar-refractivity contribution is -0.132. The number of rotatable bonds is 5. The number of amides is 1. The Morgan fingerprint density at radius 2 is 2.04 bits per heavy atom. The van der Waals surface area contributed by atoms with Crippen LogP contribution in [0, 0.1) is 6.92 Å². The van der Waals surface area contributed by atoms with Gasteiger partial charge in [0.2, 0.25) is 11.1 Å². The van der Waals surface area contributed by atoms with E-state index in [1.807, 2.05) is 43.0 Å². The van der Waals surface area contributed by atoms with Gasteiger partial charge in [-0.05, 0) is 48.5 Å². The number of piperazine rings is 1. The molecule has 1 unspecified atom stereocenters. The highest BCUT2D eigenvalue weighted by molar-refractivity contribution is 8.00. The van der Waals surface area contributed by atoms with Crippen LogP contribution in [0.5, 0.6) is 0 Å². The van der Waals surface area contributed by atoms with Gasteiger partial charge in [0, 0.05) is 26.2 Å². The van der Waals surface area contributed by atoms with Crippen LogP contribution in [-0.2, 0) is 4.79 Å². The highest BCUT2D eigenvalue weighted by Gasteiger charge is 2.26. The third kappa shape index (κ3) is 4.19. The summed E-state index contributed by atoms with van der Waals surface area (Å²) in [6, 6.07) is 7.99. The molecule has 1 aromatic heterocycles. The largest absolute Gasteiger partial charge is 0.339 e. The molecule has 1 aliphatic rings. The zero-order valence-corrected chi connectivity index (χ0v) is 15.7. The van der Waals surface area contributed by atoms with Crippen molar-refractivity contribution in [2.45, 2.75) is 31.2 Å². The third-order valence-corrected chi connectivity index (χ3v) is 5.47. The first-order chi connectivity index (χ1) is 12.1. The highest BCUT2D eigenvalue weighted by Crippen LogP contribution is 2.24. The zero-order chi connectivity index (χ0) is 17.8. The Balaban J connectivity index is 1.67. The molecular formula is C17H24N6OS. The number of hydrogen-bond acceptors (Lipinski definition) is 6. The van der Waals surface area contributed by atoms with E-state index in [2.05, 4.69) is 27.3 Å². The topological polar surface area (TPSA) is 67.2 Å². The molecule has 7 nitrogen and oxygen atoms in total. The molecule has 25 heavy (non-hydrogen) atoms. The molecule has 0 bridgehead atoms. The smallest absolute Gasteiger partial charge is 0.235 e. The van der Waals surface area contributed by atoms with E-state index in [0.29, 0.717) is 5.16 Å². The summed E-state index contributed by atoms with van der Waals surface area (Å²) in [6.45, 7) is 10.6. The van der Waals surface area contributed by atoms with E-state index in [9.17, 15) is 4.79 Å². The van der Waals surface area contributed by atoms with Gasteiger partial charge in [0.25, 0.3) is 0 Å². The summed E-state index contributed by atoms with van der Waals surface area (Å²) < 4.78 is 1.69. The quantitative estimate of drug-likeness (QED) is 0.755. The lowest BCUT2D eigenvalue weighted by Gasteiger charge is -2.35. The van der Waals surface area contributed by atoms with E-state index in [1.54, 1.807) is 4.68 Å². The Labute approximate surface area is 152 Å². The van der Waals surface area contributed by atoms with Gasteiger partial charge in [-0.15, -0.1) is 5.10 Å². The van der Waals surface area contributed by atoms with E-state index in [0.717, 1.165) is 44.0 Å². The van der Waals surface area contributed by atoms with E-state index >= 15 is 0 Å². The van der Waals surface area contributed by atoms with Crippen molar-refractivity contribution in [3.05, 3.63) is 29.8 Å². The molecule has 0 N–H and O–H groups in total. The number of tetrazole rings is 1. The molecule has 0 aliphatic carbocycles. The first kappa shape index (κ1) is 17.9. The summed E-state index contributed by atoms with van der Waals surface area (Å²) in [4.78, 5) is 17.0. The Hall–Kier alpha value is -1.93. The summed E-state index contributed by atoms with van der Waals surface area (Å²) in [6.07, 6.45) is 0. The Morgan fingerprint density at radius 1 is 1.28 bits per heavy atom. The minimum Gasteiger partial charge on any atom is -0.339 e. The molecule has 1 amide bonds. The molecule has 2 aromatic rings. The maximum absolute atomic E-state index is 12.7. The predicted molar refractivity (Wildman–Crippen MR) is 97.9 cm³/mol. The monoisotopic (exact) mass is 360 g/mol. The first-order valence-electron chi connectivity index (χ1n) is 8.61. The molecule has 1 saturated heterocycles. The fourth-order valence-corrected chi connectivity index (χ4v) is 3.82. The number of nitrogens with zero attached hydrogens (tertiary/aromatic N) is 6. The molecular weight excluding hydrogens is 336 g/mol. The summed E-state index contributed by atoms with van der Waals surface area (Å²) in [7, 11) is 0. The number of thioether (sulfide) groups is 1. The van der Waals surface area contributed by atoms with Crippen molar-refractivity contribution in [1.29, 1.82) is 0 Å². The normalized spacial score (nSPS) is 16.8. The molecule has 0 spiro atoms. The second-order valence-electron chi connectivity index (χ2n) is 6.23. The van der Waals surface area contributed by atoms with Crippen LogP contribution in [0.3, 0.4) is 0 Å². The van der Waals surface area contributed by atoms with Gasteiger partial charge in [-0.25, -0.2) is 0 Å². The van der Waals surface area contributed by atoms with Crippen molar-refractivity contribution in [3.8, 4) is 5.69 Å². The second-order valence-corrected chi connectivity index (χ2v) is 7.54. The lowest BCUT2D eigenvalue weighted by atomic mass is 10.2. The van der Waals surface area contributed by atoms with Crippen LogP contribution in [-0.4, -0.2) is 73.9 Å². The minimum absolute atomic E-state index is 0.152. The lowest BCUT2D eigenvalue weighted by Crippen LogP contribution is -2.50. The van der Waals surface area contributed by atoms with Crippen LogP contribution in [0.25, 0.3) is 5.69 Å². The number of benzene rings is 1. The molecule has 134 valence electrons. The van der Waals surface area contributed by atoms with Crippen LogP contribution in [0.1, 0.15) is 19.4 Å². The van der Waals surface area contributed by atoms with Crippen molar-refractivity contribution in [2.24, 2.45) is 0 Å². The van der Waals surface area contributed by atoms with E-state index < -0.39 is 0 Å². The second kappa shape index (κ2) is 7.97. The van der Waals surface area contributed by atoms with Gasteiger partial charge in [-0.3, -0.25) is 4.79 Å². The number of carbonyl (C=O) groups excluding carboxylic acids is 1. The Bertz CT molecular complexity index is 725. The summed E-state index contributed by atoms with van der Waals surface area (Å²) in [5.74, 6) is 0.152. The van der Waals surface area contributed by atoms with E-state index in [-0.39, 0.29) is 11.2 Å². The fourth-order valence-electron chi connectivity index (χ4n) is 2.92. The minimum atomic E-state index is -0.220. The molecule has 2 heterocycles. The number of aromatic nitrogens is 4. The van der Waals surface area contributed by atoms with Crippen molar-refractivity contribution >= 4 is 17.7 Å². The Kier molecular flexibility index (Phi) is 5.70. The predicted octanol–water partition coefficient (Wildman–Crippen LogP) is 1.62. The maximum Gasteiger partial charge on any atom is 0.235 e. The zero-order valence-electron chi connectivity index (χ0n) is 14.9. The average Bonchev–Trinajstić information content (AvgIpc) is 3.09. The van der Waals surface area contributed by atoms with Crippen molar-refractivity contribution in [2.75, 3.05) is 32.7 Å². The van der Waals surface area contributed by atoms with E-state index in [4.69, 9.17) is 0 Å². The van der Waals surface area contributed by atoms with Crippen molar-refractivity contribution in [1.82, 2.24) is 30.0 Å². The number of aryl methyl sites for hydroxylation is 1. The van der Waals surface area contributed by atoms with Gasteiger partial charge >= 0.3 is 0 Å². The molecule has 1 fully saturated rings. The molecule has 8 heteroatoms. The summed E-state index contributed by atoms with van der Waals surface area (Å²) in [5, 5.41) is 12.4. The van der Waals surface area contributed by atoms with Crippen molar-refractivity contribution < 1.29 is 4.79 Å². The Morgan fingerprint density at radius 3 is 2.72 bits per heavy atom. The average molecular weight is 360 g/mol. The molecule has 0 saturated carbocycles. The molecule has 1 aromatic carbocycles. The number of carbonyl (C=O) groups is 1. The van der Waals surface area contributed by atoms with Crippen molar-refractivity contribution in [3.63, 3.8) is 0 Å². The highest BCUT2D eigenvalue weighted by atomic mass is 32.2. The van der Waals surface area contributed by atoms with Crippen LogP contribution in [0.15, 0.2) is 29.4 Å². The number of hydrogen-bond donors (Lipinski definition) is 0. The SMILES string of the molecule is CCN1CCN(C(=O)C(C)Sc2nnnn2-c2cccc(C)c2)CC1. The number of likely N-dealkylation sites (N-methyl/N-ethyl adjacent to an activating group) is 1. The van der Waals surface area contributed by atoms with Crippen LogP contribution < -0.4 is 0 Å². The van der Waals surface area contributed by atoms with Gasteiger partial charge in [0.1, 0.15) is 0 Å². The van der Waals surface area contributed by atoms with Crippen LogP contribution in [0.4, 0.5) is 0 Å². The fraction of sp³-hybridized carbons (Fsp3) is 0.529. The molecule has 1 atom stereocenters.